The van der Waals surface area contributed by atoms with Crippen LogP contribution in [0.2, 0.25) is 5.02 Å². The molecule has 118 valence electrons. The summed E-state index contributed by atoms with van der Waals surface area (Å²) in [6.07, 6.45) is 0. The quantitative estimate of drug-likeness (QED) is 0.706. The molecule has 0 spiro atoms. The molecule has 0 atom stereocenters. The highest BCUT2D eigenvalue weighted by Gasteiger charge is 2.20. The zero-order valence-electron chi connectivity index (χ0n) is 13.0. The maximum Gasteiger partial charge on any atom is 0.267 e. The number of thiophene rings is 1. The molecule has 2 aromatic heterocycles. The number of carbonyl (C=O) groups excluding carboxylic acids is 1. The minimum absolute atomic E-state index is 0.234. The highest BCUT2D eigenvalue weighted by molar-refractivity contribution is 7.21. The van der Waals surface area contributed by atoms with E-state index < -0.39 is 0 Å². The van der Waals surface area contributed by atoms with E-state index >= 15 is 0 Å². The molecule has 0 saturated heterocycles. The Balaban J connectivity index is 2.02. The zero-order valence-corrected chi connectivity index (χ0v) is 14.6. The lowest BCUT2D eigenvalue weighted by Gasteiger charge is -2.06. The predicted molar refractivity (Wildman–Crippen MR) is 97.6 cm³/mol. The van der Waals surface area contributed by atoms with Crippen LogP contribution in [0, 0.1) is 20.8 Å². The topological polar surface area (TPSA) is 68.0 Å². The molecule has 3 rings (SSSR count). The molecule has 0 radical (unpaired) electrons. The van der Waals surface area contributed by atoms with Crippen molar-refractivity contribution in [2.75, 3.05) is 11.1 Å². The maximum absolute atomic E-state index is 12.5. The van der Waals surface area contributed by atoms with Crippen molar-refractivity contribution in [1.82, 2.24) is 4.98 Å². The summed E-state index contributed by atoms with van der Waals surface area (Å²) in [7, 11) is 0. The number of nitrogens with zero attached hydrogens (tertiary/aromatic N) is 1. The SMILES string of the molecule is Cc1nc2sc(C(=O)Nc3ccc(Cl)cc3)c(N)c2c(C)c1C. The fourth-order valence-electron chi connectivity index (χ4n) is 2.46. The summed E-state index contributed by atoms with van der Waals surface area (Å²) in [5.74, 6) is -0.234. The number of halogens is 1. The summed E-state index contributed by atoms with van der Waals surface area (Å²) in [6, 6.07) is 6.96. The third-order valence-corrected chi connectivity index (χ3v) is 5.33. The average molecular weight is 346 g/mol. The lowest BCUT2D eigenvalue weighted by Crippen LogP contribution is -2.11. The van der Waals surface area contributed by atoms with E-state index in [4.69, 9.17) is 17.3 Å². The van der Waals surface area contributed by atoms with Crippen LogP contribution in [0.3, 0.4) is 0 Å². The van der Waals surface area contributed by atoms with Crippen molar-refractivity contribution < 1.29 is 4.79 Å². The van der Waals surface area contributed by atoms with Crippen LogP contribution < -0.4 is 11.1 Å². The van der Waals surface area contributed by atoms with Crippen molar-refractivity contribution in [3.05, 3.63) is 51.0 Å². The molecule has 4 nitrogen and oxygen atoms in total. The second kappa shape index (κ2) is 5.83. The summed E-state index contributed by atoms with van der Waals surface area (Å²) >= 11 is 7.17. The number of fused-ring (bicyclic) bond motifs is 1. The lowest BCUT2D eigenvalue weighted by molar-refractivity contribution is 0.103. The number of nitrogen functional groups attached to an aromatic ring is 1. The summed E-state index contributed by atoms with van der Waals surface area (Å²) < 4.78 is 0. The molecule has 0 aliphatic rings. The van der Waals surface area contributed by atoms with Crippen LogP contribution in [0.15, 0.2) is 24.3 Å². The van der Waals surface area contributed by atoms with Crippen LogP contribution in [-0.4, -0.2) is 10.9 Å². The van der Waals surface area contributed by atoms with Crippen molar-refractivity contribution in [3.8, 4) is 0 Å². The molecule has 0 fully saturated rings. The van der Waals surface area contributed by atoms with Crippen molar-refractivity contribution >= 4 is 50.4 Å². The van der Waals surface area contributed by atoms with Gasteiger partial charge in [-0.15, -0.1) is 11.3 Å². The van der Waals surface area contributed by atoms with Crippen LogP contribution in [0.5, 0.6) is 0 Å². The maximum atomic E-state index is 12.5. The number of hydrogen-bond acceptors (Lipinski definition) is 4. The Bertz CT molecular complexity index is 916. The molecule has 3 aromatic rings. The summed E-state index contributed by atoms with van der Waals surface area (Å²) in [5.41, 5.74) is 10.5. The molecule has 0 unspecified atom stereocenters. The number of nitrogens with two attached hydrogens (primary N) is 1. The van der Waals surface area contributed by atoms with Crippen molar-refractivity contribution in [3.63, 3.8) is 0 Å². The number of anilines is 2. The van der Waals surface area contributed by atoms with E-state index in [1.165, 1.54) is 11.3 Å². The van der Waals surface area contributed by atoms with Crippen LogP contribution in [0.25, 0.3) is 10.2 Å². The minimum Gasteiger partial charge on any atom is -0.397 e. The molecule has 6 heteroatoms. The van der Waals surface area contributed by atoms with Gasteiger partial charge >= 0.3 is 0 Å². The molecule has 23 heavy (non-hydrogen) atoms. The molecular weight excluding hydrogens is 330 g/mol. The first-order chi connectivity index (χ1) is 10.9. The van der Waals surface area contributed by atoms with Gasteiger partial charge in [0.25, 0.3) is 5.91 Å². The van der Waals surface area contributed by atoms with Gasteiger partial charge in [-0.05, 0) is 56.2 Å². The van der Waals surface area contributed by atoms with Crippen molar-refractivity contribution in [2.45, 2.75) is 20.8 Å². The van der Waals surface area contributed by atoms with Gasteiger partial charge in [0, 0.05) is 21.8 Å². The molecule has 0 saturated carbocycles. The van der Waals surface area contributed by atoms with E-state index in [-0.39, 0.29) is 5.91 Å². The molecule has 0 aliphatic carbocycles. The largest absolute Gasteiger partial charge is 0.397 e. The van der Waals surface area contributed by atoms with E-state index in [0.717, 1.165) is 27.0 Å². The van der Waals surface area contributed by atoms with E-state index in [1.54, 1.807) is 24.3 Å². The Labute approximate surface area is 143 Å². The van der Waals surface area contributed by atoms with Gasteiger partial charge in [0.2, 0.25) is 0 Å². The van der Waals surface area contributed by atoms with Gasteiger partial charge in [-0.3, -0.25) is 4.79 Å². The third-order valence-electron chi connectivity index (χ3n) is 3.98. The fraction of sp³-hybridized carbons (Fsp3) is 0.176. The lowest BCUT2D eigenvalue weighted by atomic mass is 10.1. The van der Waals surface area contributed by atoms with E-state index in [0.29, 0.717) is 21.3 Å². The normalized spacial score (nSPS) is 11.0. The molecule has 1 aromatic carbocycles. The second-order valence-corrected chi connectivity index (χ2v) is 6.87. The number of pyridine rings is 1. The highest BCUT2D eigenvalue weighted by atomic mass is 35.5. The Morgan fingerprint density at radius 3 is 2.48 bits per heavy atom. The van der Waals surface area contributed by atoms with Crippen molar-refractivity contribution in [1.29, 1.82) is 0 Å². The van der Waals surface area contributed by atoms with E-state index in [1.807, 2.05) is 20.8 Å². The van der Waals surface area contributed by atoms with Gasteiger partial charge in [0.15, 0.2) is 0 Å². The van der Waals surface area contributed by atoms with Crippen LogP contribution >= 0.6 is 22.9 Å². The Kier molecular flexibility index (Phi) is 4.00. The zero-order chi connectivity index (χ0) is 16.7. The van der Waals surface area contributed by atoms with Gasteiger partial charge in [-0.1, -0.05) is 11.6 Å². The number of hydrogen-bond donors (Lipinski definition) is 2. The smallest absolute Gasteiger partial charge is 0.267 e. The predicted octanol–water partition coefficient (Wildman–Crippen LogP) is 4.71. The highest BCUT2D eigenvalue weighted by Crippen LogP contribution is 2.36. The van der Waals surface area contributed by atoms with Crippen LogP contribution in [0.1, 0.15) is 26.5 Å². The van der Waals surface area contributed by atoms with Crippen molar-refractivity contribution in [2.24, 2.45) is 0 Å². The fourth-order valence-corrected chi connectivity index (χ4v) is 3.68. The van der Waals surface area contributed by atoms with Crippen LogP contribution in [-0.2, 0) is 0 Å². The van der Waals surface area contributed by atoms with Gasteiger partial charge in [-0.25, -0.2) is 4.98 Å². The van der Waals surface area contributed by atoms with Gasteiger partial charge in [0.1, 0.15) is 9.71 Å². The minimum atomic E-state index is -0.234. The number of rotatable bonds is 2. The van der Waals surface area contributed by atoms with Crippen LogP contribution in [0.4, 0.5) is 11.4 Å². The molecule has 2 heterocycles. The Morgan fingerprint density at radius 1 is 1.17 bits per heavy atom. The monoisotopic (exact) mass is 345 g/mol. The molecular formula is C17H16ClN3OS. The third kappa shape index (κ3) is 2.78. The number of aryl methyl sites for hydroxylation is 2. The average Bonchev–Trinajstić information content (AvgIpc) is 2.84. The molecule has 0 bridgehead atoms. The molecule has 1 amide bonds. The number of carbonyl (C=O) groups is 1. The first-order valence-electron chi connectivity index (χ1n) is 7.11. The molecule has 3 N–H and O–H groups in total. The van der Waals surface area contributed by atoms with E-state index in [2.05, 4.69) is 10.3 Å². The first-order valence-corrected chi connectivity index (χ1v) is 8.30. The van der Waals surface area contributed by atoms with E-state index in [9.17, 15) is 4.79 Å². The summed E-state index contributed by atoms with van der Waals surface area (Å²) in [4.78, 5) is 18.4. The Hall–Kier alpha value is -2.11. The molecule has 0 aliphatic heterocycles. The Morgan fingerprint density at radius 2 is 1.83 bits per heavy atom. The number of aromatic nitrogens is 1. The van der Waals surface area contributed by atoms with Gasteiger partial charge < -0.3 is 11.1 Å². The number of nitrogens with one attached hydrogen (secondary N) is 1. The summed E-state index contributed by atoms with van der Waals surface area (Å²) in [6.45, 7) is 5.99. The second-order valence-electron chi connectivity index (χ2n) is 5.43. The van der Waals surface area contributed by atoms with Gasteiger partial charge in [0.05, 0.1) is 5.69 Å². The van der Waals surface area contributed by atoms with Gasteiger partial charge in [-0.2, -0.15) is 0 Å². The first kappa shape index (κ1) is 15.8. The summed E-state index contributed by atoms with van der Waals surface area (Å²) in [5, 5.41) is 4.34. The number of benzene rings is 1. The standard InChI is InChI=1S/C17H16ClN3OS/c1-8-9(2)13-14(19)15(23-17(13)20-10(8)3)16(22)21-12-6-4-11(18)5-7-12/h4-7H,19H2,1-3H3,(H,21,22). The number of amides is 1.